The summed E-state index contributed by atoms with van der Waals surface area (Å²) in [6, 6.07) is 12.1. The quantitative estimate of drug-likeness (QED) is 0.916. The Kier molecular flexibility index (Phi) is 4.73. The fourth-order valence-electron chi connectivity index (χ4n) is 1.61. The minimum atomic E-state index is 0.587. The topological polar surface area (TPSA) is 34.1 Å². The normalized spacial score (nSPS) is 10.3. The zero-order chi connectivity index (χ0) is 12.8. The van der Waals surface area contributed by atoms with Crippen LogP contribution in [0.15, 0.2) is 47.1 Å². The second-order valence-corrected chi connectivity index (χ2v) is 4.84. The average Bonchev–Trinajstić information content (AvgIpc) is 2.39. The van der Waals surface area contributed by atoms with Crippen LogP contribution in [0.1, 0.15) is 11.1 Å². The molecule has 2 rings (SSSR count). The molecule has 1 heterocycles. The third kappa shape index (κ3) is 3.82. The lowest BCUT2D eigenvalue weighted by atomic mass is 10.2. The van der Waals surface area contributed by atoms with Crippen molar-refractivity contribution in [2.45, 2.75) is 13.2 Å². The fraction of sp³-hybridized carbons (Fsp3) is 0.214. The molecular formula is C14H15BrN2O. The van der Waals surface area contributed by atoms with E-state index in [0.29, 0.717) is 13.2 Å². The summed E-state index contributed by atoms with van der Waals surface area (Å²) in [6.07, 6.45) is 1.78. The maximum atomic E-state index is 5.68. The first kappa shape index (κ1) is 13.1. The van der Waals surface area contributed by atoms with Gasteiger partial charge in [0.15, 0.2) is 0 Å². The first-order valence-electron chi connectivity index (χ1n) is 5.73. The van der Waals surface area contributed by atoms with Gasteiger partial charge >= 0.3 is 0 Å². The summed E-state index contributed by atoms with van der Waals surface area (Å²) in [4.78, 5) is 4.16. The minimum absolute atomic E-state index is 0.587. The van der Waals surface area contributed by atoms with E-state index in [1.165, 1.54) is 0 Å². The molecule has 2 aromatic rings. The van der Waals surface area contributed by atoms with Crippen LogP contribution < -0.4 is 5.32 Å². The summed E-state index contributed by atoms with van der Waals surface area (Å²) >= 11 is 3.45. The number of pyridine rings is 1. The molecule has 0 aliphatic rings. The van der Waals surface area contributed by atoms with Gasteiger partial charge in [-0.3, -0.25) is 0 Å². The van der Waals surface area contributed by atoms with Crippen molar-refractivity contribution in [1.82, 2.24) is 4.98 Å². The van der Waals surface area contributed by atoms with Crippen molar-refractivity contribution in [3.8, 4) is 0 Å². The van der Waals surface area contributed by atoms with Crippen molar-refractivity contribution < 1.29 is 4.74 Å². The van der Waals surface area contributed by atoms with Crippen LogP contribution in [0.2, 0.25) is 0 Å². The van der Waals surface area contributed by atoms with E-state index in [1.54, 1.807) is 6.20 Å². The highest BCUT2D eigenvalue weighted by atomic mass is 79.9. The molecule has 0 fully saturated rings. The number of nitrogens with zero attached hydrogens (tertiary/aromatic N) is 1. The van der Waals surface area contributed by atoms with Crippen LogP contribution in [0.4, 0.5) is 5.82 Å². The Morgan fingerprint density at radius 2 is 1.94 bits per heavy atom. The molecular weight excluding hydrogens is 292 g/mol. The van der Waals surface area contributed by atoms with Gasteiger partial charge in [-0.1, -0.05) is 28.1 Å². The van der Waals surface area contributed by atoms with Crippen LogP contribution in [0, 0.1) is 0 Å². The molecule has 0 aliphatic heterocycles. The molecule has 18 heavy (non-hydrogen) atoms. The van der Waals surface area contributed by atoms with E-state index in [4.69, 9.17) is 4.74 Å². The molecule has 1 aromatic carbocycles. The van der Waals surface area contributed by atoms with Crippen LogP contribution in [-0.4, -0.2) is 12.0 Å². The maximum Gasteiger partial charge on any atom is 0.125 e. The summed E-state index contributed by atoms with van der Waals surface area (Å²) in [5, 5.41) is 3.01. The van der Waals surface area contributed by atoms with E-state index in [2.05, 4.69) is 38.4 Å². The lowest BCUT2D eigenvalue weighted by Gasteiger charge is -2.06. The zero-order valence-electron chi connectivity index (χ0n) is 10.2. The molecule has 0 spiro atoms. The van der Waals surface area contributed by atoms with Gasteiger partial charge in [0.2, 0.25) is 0 Å². The highest BCUT2D eigenvalue weighted by Crippen LogP contribution is 2.13. The van der Waals surface area contributed by atoms with Crippen molar-refractivity contribution in [3.63, 3.8) is 0 Å². The van der Waals surface area contributed by atoms with Crippen molar-refractivity contribution in [2.75, 3.05) is 12.4 Å². The smallest absolute Gasteiger partial charge is 0.125 e. The maximum absolute atomic E-state index is 5.68. The number of aromatic nitrogens is 1. The van der Waals surface area contributed by atoms with Crippen molar-refractivity contribution in [3.05, 3.63) is 58.2 Å². The van der Waals surface area contributed by atoms with Gasteiger partial charge in [-0.25, -0.2) is 4.98 Å². The number of ether oxygens (including phenoxy) is 1. The number of benzene rings is 1. The monoisotopic (exact) mass is 306 g/mol. The molecule has 0 aliphatic carbocycles. The van der Waals surface area contributed by atoms with Crippen LogP contribution in [0.3, 0.4) is 0 Å². The number of hydrogen-bond donors (Lipinski definition) is 1. The highest BCUT2D eigenvalue weighted by molar-refractivity contribution is 9.10. The van der Waals surface area contributed by atoms with E-state index >= 15 is 0 Å². The standard InChI is InChI=1S/C14H15BrN2O/c1-16-14-8-12(5-6-17-14)10-18-9-11-3-2-4-13(15)7-11/h2-8H,9-10H2,1H3,(H,16,17). The van der Waals surface area contributed by atoms with Crippen LogP contribution in [0.25, 0.3) is 0 Å². The molecule has 94 valence electrons. The van der Waals surface area contributed by atoms with Gasteiger partial charge < -0.3 is 10.1 Å². The summed E-state index contributed by atoms with van der Waals surface area (Å²) in [7, 11) is 1.86. The van der Waals surface area contributed by atoms with Crippen molar-refractivity contribution in [2.24, 2.45) is 0 Å². The zero-order valence-corrected chi connectivity index (χ0v) is 11.8. The van der Waals surface area contributed by atoms with E-state index in [9.17, 15) is 0 Å². The van der Waals surface area contributed by atoms with E-state index < -0.39 is 0 Å². The van der Waals surface area contributed by atoms with Gasteiger partial charge in [-0.2, -0.15) is 0 Å². The first-order valence-corrected chi connectivity index (χ1v) is 6.52. The van der Waals surface area contributed by atoms with Crippen molar-refractivity contribution in [1.29, 1.82) is 0 Å². The Hall–Kier alpha value is -1.39. The van der Waals surface area contributed by atoms with Gasteiger partial charge in [-0.05, 0) is 35.4 Å². The second-order valence-electron chi connectivity index (χ2n) is 3.92. The lowest BCUT2D eigenvalue weighted by Crippen LogP contribution is -1.97. The fourth-order valence-corrected chi connectivity index (χ4v) is 2.06. The molecule has 3 nitrogen and oxygen atoms in total. The molecule has 1 aromatic heterocycles. The number of nitrogens with one attached hydrogen (secondary N) is 1. The average molecular weight is 307 g/mol. The first-order chi connectivity index (χ1) is 8.78. The summed E-state index contributed by atoms with van der Waals surface area (Å²) in [6.45, 7) is 1.19. The molecule has 0 unspecified atom stereocenters. The molecule has 0 bridgehead atoms. The lowest BCUT2D eigenvalue weighted by molar-refractivity contribution is 0.107. The van der Waals surface area contributed by atoms with Gasteiger partial charge in [0, 0.05) is 17.7 Å². The number of hydrogen-bond acceptors (Lipinski definition) is 3. The predicted molar refractivity (Wildman–Crippen MR) is 76.4 cm³/mol. The van der Waals surface area contributed by atoms with Crippen LogP contribution in [-0.2, 0) is 18.0 Å². The Balaban J connectivity index is 1.88. The molecule has 0 saturated carbocycles. The molecule has 0 saturated heterocycles. The van der Waals surface area contributed by atoms with Crippen LogP contribution >= 0.6 is 15.9 Å². The molecule has 0 amide bonds. The number of anilines is 1. The van der Waals surface area contributed by atoms with Crippen molar-refractivity contribution >= 4 is 21.7 Å². The Bertz CT molecular complexity index is 517. The van der Waals surface area contributed by atoms with Gasteiger partial charge in [0.05, 0.1) is 13.2 Å². The Labute approximate surface area is 115 Å². The number of halogens is 1. The van der Waals surface area contributed by atoms with Crippen LogP contribution in [0.5, 0.6) is 0 Å². The molecule has 4 heteroatoms. The summed E-state index contributed by atoms with van der Waals surface area (Å²) in [5.74, 6) is 0.860. The van der Waals surface area contributed by atoms with Gasteiger partial charge in [-0.15, -0.1) is 0 Å². The summed E-state index contributed by atoms with van der Waals surface area (Å²) in [5.41, 5.74) is 2.27. The SMILES string of the molecule is CNc1cc(COCc2cccc(Br)c2)ccn1. The third-order valence-corrected chi connectivity index (χ3v) is 3.00. The van der Waals surface area contributed by atoms with Gasteiger partial charge in [0.25, 0.3) is 0 Å². The summed E-state index contributed by atoms with van der Waals surface area (Å²) < 4.78 is 6.76. The second kappa shape index (κ2) is 6.52. The number of rotatable bonds is 5. The van der Waals surface area contributed by atoms with E-state index in [1.807, 2.05) is 31.3 Å². The molecule has 1 N–H and O–H groups in total. The minimum Gasteiger partial charge on any atom is -0.373 e. The van der Waals surface area contributed by atoms with E-state index in [-0.39, 0.29) is 0 Å². The third-order valence-electron chi connectivity index (χ3n) is 2.51. The predicted octanol–water partition coefficient (Wildman–Crippen LogP) is 3.60. The Morgan fingerprint density at radius 1 is 1.17 bits per heavy atom. The Morgan fingerprint density at radius 3 is 2.67 bits per heavy atom. The van der Waals surface area contributed by atoms with E-state index in [0.717, 1.165) is 21.4 Å². The largest absolute Gasteiger partial charge is 0.373 e. The highest BCUT2D eigenvalue weighted by Gasteiger charge is 1.98. The van der Waals surface area contributed by atoms with Gasteiger partial charge in [0.1, 0.15) is 5.82 Å². The molecule has 0 radical (unpaired) electrons. The molecule has 0 atom stereocenters.